The minimum Gasteiger partial charge on any atom is -0.478 e. The first-order valence-corrected chi connectivity index (χ1v) is 6.67. The minimum absolute atomic E-state index is 0.275. The van der Waals surface area contributed by atoms with Crippen LogP contribution in [-0.4, -0.2) is 11.1 Å². The third kappa shape index (κ3) is 3.09. The Hall–Kier alpha value is -1.94. The summed E-state index contributed by atoms with van der Waals surface area (Å²) < 4.78 is 0. The highest BCUT2D eigenvalue weighted by Crippen LogP contribution is 2.32. The van der Waals surface area contributed by atoms with E-state index in [0.29, 0.717) is 10.6 Å². The maximum atomic E-state index is 11.2. The molecule has 19 heavy (non-hydrogen) atoms. The SMILES string of the molecule is Cc1ccc(Sc2cc(N)ccc2C(=O)O)cc1C. The second kappa shape index (κ2) is 5.36. The Morgan fingerprint density at radius 1 is 1.11 bits per heavy atom. The van der Waals surface area contributed by atoms with Gasteiger partial charge in [-0.3, -0.25) is 0 Å². The van der Waals surface area contributed by atoms with Gasteiger partial charge in [-0.1, -0.05) is 17.8 Å². The van der Waals surface area contributed by atoms with E-state index in [9.17, 15) is 9.90 Å². The third-order valence-corrected chi connectivity index (χ3v) is 3.99. The van der Waals surface area contributed by atoms with E-state index in [1.165, 1.54) is 22.9 Å². The molecule has 0 amide bonds. The molecule has 2 aromatic carbocycles. The highest BCUT2D eigenvalue weighted by atomic mass is 32.2. The fraction of sp³-hybridized carbons (Fsp3) is 0.133. The topological polar surface area (TPSA) is 63.3 Å². The standard InChI is InChI=1S/C15H15NO2S/c1-9-3-5-12(7-10(9)2)19-14-8-11(16)4-6-13(14)15(17)18/h3-8H,16H2,1-2H3,(H,17,18). The van der Waals surface area contributed by atoms with Crippen molar-refractivity contribution in [3.63, 3.8) is 0 Å². The van der Waals surface area contributed by atoms with E-state index in [4.69, 9.17) is 5.73 Å². The first kappa shape index (κ1) is 13.5. The van der Waals surface area contributed by atoms with Crippen molar-refractivity contribution in [1.82, 2.24) is 0 Å². The van der Waals surface area contributed by atoms with Gasteiger partial charge in [0.25, 0.3) is 0 Å². The Labute approximate surface area is 116 Å². The fourth-order valence-corrected chi connectivity index (χ4v) is 2.79. The van der Waals surface area contributed by atoms with Gasteiger partial charge in [0.1, 0.15) is 0 Å². The number of carbonyl (C=O) groups is 1. The van der Waals surface area contributed by atoms with E-state index >= 15 is 0 Å². The van der Waals surface area contributed by atoms with Gasteiger partial charge in [0.05, 0.1) is 5.56 Å². The molecule has 0 saturated carbocycles. The van der Waals surface area contributed by atoms with Crippen LogP contribution in [0.3, 0.4) is 0 Å². The maximum absolute atomic E-state index is 11.2. The van der Waals surface area contributed by atoms with E-state index in [2.05, 4.69) is 6.07 Å². The zero-order chi connectivity index (χ0) is 14.0. The lowest BCUT2D eigenvalue weighted by Gasteiger charge is -2.08. The van der Waals surface area contributed by atoms with Gasteiger partial charge in [0, 0.05) is 15.5 Å². The van der Waals surface area contributed by atoms with E-state index in [-0.39, 0.29) is 5.56 Å². The lowest BCUT2D eigenvalue weighted by atomic mass is 10.1. The quantitative estimate of drug-likeness (QED) is 0.836. The van der Waals surface area contributed by atoms with E-state index in [1.807, 2.05) is 26.0 Å². The smallest absolute Gasteiger partial charge is 0.336 e. The van der Waals surface area contributed by atoms with Gasteiger partial charge in [-0.05, 0) is 55.3 Å². The molecule has 3 N–H and O–H groups in total. The van der Waals surface area contributed by atoms with Crippen molar-refractivity contribution in [3.05, 3.63) is 53.1 Å². The predicted octanol–water partition coefficient (Wildman–Crippen LogP) is 3.74. The molecule has 0 aliphatic heterocycles. The summed E-state index contributed by atoms with van der Waals surface area (Å²) in [5.74, 6) is -0.939. The number of aryl methyl sites for hydroxylation is 2. The number of hydrogen-bond acceptors (Lipinski definition) is 3. The van der Waals surface area contributed by atoms with Crippen LogP contribution in [0, 0.1) is 13.8 Å². The van der Waals surface area contributed by atoms with Gasteiger partial charge in [-0.2, -0.15) is 0 Å². The van der Waals surface area contributed by atoms with E-state index in [0.717, 1.165) is 4.90 Å². The average Bonchev–Trinajstić information content (AvgIpc) is 2.33. The maximum Gasteiger partial charge on any atom is 0.336 e. The number of carboxylic acid groups (broad SMARTS) is 1. The number of aromatic carboxylic acids is 1. The zero-order valence-corrected chi connectivity index (χ0v) is 11.6. The largest absolute Gasteiger partial charge is 0.478 e. The molecule has 0 aromatic heterocycles. The van der Waals surface area contributed by atoms with Gasteiger partial charge in [-0.15, -0.1) is 0 Å². The van der Waals surface area contributed by atoms with Crippen molar-refractivity contribution in [2.24, 2.45) is 0 Å². The molecular weight excluding hydrogens is 258 g/mol. The summed E-state index contributed by atoms with van der Waals surface area (Å²) >= 11 is 1.42. The summed E-state index contributed by atoms with van der Waals surface area (Å²) in [6.45, 7) is 4.09. The number of rotatable bonds is 3. The van der Waals surface area contributed by atoms with Crippen molar-refractivity contribution in [2.45, 2.75) is 23.6 Å². The summed E-state index contributed by atoms with van der Waals surface area (Å²) in [4.78, 5) is 12.9. The summed E-state index contributed by atoms with van der Waals surface area (Å²) in [5, 5.41) is 9.18. The minimum atomic E-state index is -0.939. The van der Waals surface area contributed by atoms with Crippen LogP contribution in [0.15, 0.2) is 46.2 Å². The Bertz CT molecular complexity index is 638. The molecule has 3 nitrogen and oxygen atoms in total. The van der Waals surface area contributed by atoms with Crippen molar-refractivity contribution in [1.29, 1.82) is 0 Å². The molecule has 0 fully saturated rings. The number of carboxylic acids is 1. The average molecular weight is 273 g/mol. The van der Waals surface area contributed by atoms with Crippen LogP contribution >= 0.6 is 11.8 Å². The fourth-order valence-electron chi connectivity index (χ4n) is 1.70. The summed E-state index contributed by atoms with van der Waals surface area (Å²) in [6.07, 6.45) is 0. The van der Waals surface area contributed by atoms with Crippen LogP contribution in [0.1, 0.15) is 21.5 Å². The van der Waals surface area contributed by atoms with Crippen LogP contribution in [0.25, 0.3) is 0 Å². The van der Waals surface area contributed by atoms with Crippen molar-refractivity contribution >= 4 is 23.4 Å². The second-order valence-electron chi connectivity index (χ2n) is 4.41. The lowest BCUT2D eigenvalue weighted by molar-refractivity contribution is 0.0693. The van der Waals surface area contributed by atoms with Crippen LogP contribution < -0.4 is 5.73 Å². The molecule has 2 aromatic rings. The highest BCUT2D eigenvalue weighted by Gasteiger charge is 2.11. The zero-order valence-electron chi connectivity index (χ0n) is 10.8. The van der Waals surface area contributed by atoms with Crippen molar-refractivity contribution < 1.29 is 9.90 Å². The second-order valence-corrected chi connectivity index (χ2v) is 5.52. The molecule has 0 atom stereocenters. The molecule has 98 valence electrons. The molecule has 0 radical (unpaired) electrons. The Balaban J connectivity index is 2.39. The monoisotopic (exact) mass is 273 g/mol. The number of anilines is 1. The number of hydrogen-bond donors (Lipinski definition) is 2. The first-order chi connectivity index (χ1) is 8.97. The highest BCUT2D eigenvalue weighted by molar-refractivity contribution is 7.99. The molecule has 0 aliphatic carbocycles. The Morgan fingerprint density at radius 3 is 2.47 bits per heavy atom. The molecular formula is C15H15NO2S. The van der Waals surface area contributed by atoms with Crippen LogP contribution in [-0.2, 0) is 0 Å². The molecule has 2 rings (SSSR count). The molecule has 0 heterocycles. The van der Waals surface area contributed by atoms with E-state index < -0.39 is 5.97 Å². The number of nitrogen functional groups attached to an aromatic ring is 1. The van der Waals surface area contributed by atoms with Gasteiger partial charge in [-0.25, -0.2) is 4.79 Å². The first-order valence-electron chi connectivity index (χ1n) is 5.85. The van der Waals surface area contributed by atoms with Gasteiger partial charge in [0.15, 0.2) is 0 Å². The van der Waals surface area contributed by atoms with E-state index in [1.54, 1.807) is 18.2 Å². The molecule has 0 unspecified atom stereocenters. The molecule has 0 saturated heterocycles. The predicted molar refractivity (Wildman–Crippen MR) is 77.9 cm³/mol. The Morgan fingerprint density at radius 2 is 1.84 bits per heavy atom. The normalized spacial score (nSPS) is 10.4. The van der Waals surface area contributed by atoms with Crippen molar-refractivity contribution in [2.75, 3.05) is 5.73 Å². The summed E-state index contributed by atoms with van der Waals surface area (Å²) in [7, 11) is 0. The van der Waals surface area contributed by atoms with Gasteiger partial charge in [0.2, 0.25) is 0 Å². The number of benzene rings is 2. The summed E-state index contributed by atoms with van der Waals surface area (Å²) in [5.41, 5.74) is 8.97. The van der Waals surface area contributed by atoms with Crippen LogP contribution in [0.5, 0.6) is 0 Å². The molecule has 4 heteroatoms. The number of nitrogens with two attached hydrogens (primary N) is 1. The molecule has 0 spiro atoms. The Kier molecular flexibility index (Phi) is 3.81. The summed E-state index contributed by atoms with van der Waals surface area (Å²) in [6, 6.07) is 10.9. The van der Waals surface area contributed by atoms with Crippen LogP contribution in [0.4, 0.5) is 5.69 Å². The lowest BCUT2D eigenvalue weighted by Crippen LogP contribution is -1.99. The molecule has 0 aliphatic rings. The van der Waals surface area contributed by atoms with Gasteiger partial charge < -0.3 is 10.8 Å². The van der Waals surface area contributed by atoms with Crippen molar-refractivity contribution in [3.8, 4) is 0 Å². The third-order valence-electron chi connectivity index (χ3n) is 2.94. The van der Waals surface area contributed by atoms with Crippen LogP contribution in [0.2, 0.25) is 0 Å². The molecule has 0 bridgehead atoms. The van der Waals surface area contributed by atoms with Gasteiger partial charge >= 0.3 is 5.97 Å².